The van der Waals surface area contributed by atoms with E-state index in [1.807, 2.05) is 0 Å². The van der Waals surface area contributed by atoms with E-state index in [1.54, 1.807) is 4.98 Å². The highest BCUT2D eigenvalue weighted by Gasteiger charge is 2.55. The first kappa shape index (κ1) is 13.4. The molecule has 20 heavy (non-hydrogen) atoms. The van der Waals surface area contributed by atoms with E-state index in [2.05, 4.69) is 4.74 Å². The lowest BCUT2D eigenvalue weighted by atomic mass is 10.1. The number of nitrogens with one attached hydrogen (secondary N) is 1. The molecule has 0 bridgehead atoms. The topological polar surface area (TPSA) is 145 Å². The molecule has 0 saturated carbocycles. The molecule has 1 aliphatic rings. The third-order valence-electron chi connectivity index (χ3n) is 2.91. The molecule has 112 valence electrons. The Hall–Kier alpha value is -1.59. The van der Waals surface area contributed by atoms with E-state index < -0.39 is 48.7 Å². The molecule has 1 fully saturated rings. The summed E-state index contributed by atoms with van der Waals surface area (Å²) in [5, 5.41) is 37.1. The first-order valence-electron chi connectivity index (χ1n) is 6.02. The van der Waals surface area contributed by atoms with Gasteiger partial charge < -0.3 is 25.2 Å². The monoisotopic (exact) mass is 293 g/mol. The Labute approximate surface area is 111 Å². The molecule has 1 aromatic rings. The third kappa shape index (κ3) is 2.17. The van der Waals surface area contributed by atoms with Gasteiger partial charge >= 0.3 is 5.69 Å². The van der Waals surface area contributed by atoms with Crippen LogP contribution in [0.5, 0.6) is 0 Å². The molecule has 0 unspecified atom stereocenters. The normalized spacial score (nSPS) is 38.0. The lowest BCUT2D eigenvalue weighted by Crippen LogP contribution is -2.42. The third-order valence-corrected chi connectivity index (χ3v) is 2.91. The number of H-pyrrole nitrogens is 1. The molecular weight excluding hydrogens is 279 g/mol. The maximum Gasteiger partial charge on any atom is 0.330 e. The molecule has 9 nitrogen and oxygen atoms in total. The number of hydrogen-bond acceptors (Lipinski definition) is 7. The zero-order valence-electron chi connectivity index (χ0n) is 11.0. The van der Waals surface area contributed by atoms with E-state index in [-0.39, 0.29) is 5.56 Å². The Balaban J connectivity index is 2.61. The standard InChI is InChI=1S/C10H13FN2O7/c11-10(3-15)6(17)5(16)8(20-10)13-1-4(2-14)7(18)12-9(13)19/h1,5-6,8,14-17H,2-3H2,(H,12,18,19)/t5-,6+,8-,10-/m1/s1/i8D. The predicted molar refractivity (Wildman–Crippen MR) is 60.3 cm³/mol. The molecule has 1 saturated heterocycles. The van der Waals surface area contributed by atoms with Gasteiger partial charge in [-0.05, 0) is 0 Å². The summed E-state index contributed by atoms with van der Waals surface area (Å²) in [5.41, 5.74) is -2.49. The number of ether oxygens (including phenoxy) is 1. The molecule has 1 aromatic heterocycles. The number of halogens is 1. The first-order valence-corrected chi connectivity index (χ1v) is 5.52. The van der Waals surface area contributed by atoms with Crippen molar-refractivity contribution in [3.63, 3.8) is 0 Å². The quantitative estimate of drug-likeness (QED) is 0.398. The number of hydrogen-bond donors (Lipinski definition) is 5. The van der Waals surface area contributed by atoms with Gasteiger partial charge in [-0.3, -0.25) is 14.3 Å². The zero-order valence-corrected chi connectivity index (χ0v) is 9.99. The fourth-order valence-corrected chi connectivity index (χ4v) is 1.77. The number of rotatable bonds is 3. The minimum Gasteiger partial charge on any atom is -0.391 e. The second-order valence-electron chi connectivity index (χ2n) is 4.22. The van der Waals surface area contributed by atoms with Crippen molar-refractivity contribution < 1.29 is 30.9 Å². The number of aromatic nitrogens is 2. The number of aromatic amines is 1. The van der Waals surface area contributed by atoms with Crippen LogP contribution in [0.15, 0.2) is 15.8 Å². The minimum absolute atomic E-state index is 0.310. The molecule has 0 radical (unpaired) electrons. The summed E-state index contributed by atoms with van der Waals surface area (Å²) >= 11 is 0. The number of aliphatic hydroxyl groups excluding tert-OH is 4. The van der Waals surface area contributed by atoms with E-state index >= 15 is 0 Å². The van der Waals surface area contributed by atoms with E-state index in [0.717, 1.165) is 0 Å². The van der Waals surface area contributed by atoms with Crippen molar-refractivity contribution in [2.75, 3.05) is 6.61 Å². The highest BCUT2D eigenvalue weighted by atomic mass is 19.2. The summed E-state index contributed by atoms with van der Waals surface area (Å²) in [6.07, 6.45) is -6.66. The molecule has 2 rings (SSSR count). The van der Waals surface area contributed by atoms with E-state index in [0.29, 0.717) is 10.8 Å². The van der Waals surface area contributed by atoms with Crippen molar-refractivity contribution in [2.24, 2.45) is 0 Å². The molecule has 0 aliphatic carbocycles. The highest BCUT2D eigenvalue weighted by Crippen LogP contribution is 2.37. The summed E-state index contributed by atoms with van der Waals surface area (Å²) < 4.78 is 26.7. The van der Waals surface area contributed by atoms with Crippen LogP contribution in [-0.4, -0.2) is 54.6 Å². The van der Waals surface area contributed by atoms with Gasteiger partial charge in [0.15, 0.2) is 6.20 Å². The minimum atomic E-state index is -3.16. The van der Waals surface area contributed by atoms with Gasteiger partial charge in [-0.25, -0.2) is 9.18 Å². The largest absolute Gasteiger partial charge is 0.391 e. The molecule has 1 aliphatic heterocycles. The molecule has 5 N–H and O–H groups in total. The molecule has 2 heterocycles. The van der Waals surface area contributed by atoms with Gasteiger partial charge in [-0.2, -0.15) is 0 Å². The van der Waals surface area contributed by atoms with Gasteiger partial charge in [-0.15, -0.1) is 0 Å². The van der Waals surface area contributed by atoms with Crippen LogP contribution in [0.4, 0.5) is 4.39 Å². The number of nitrogens with zero attached hydrogens (tertiary/aromatic N) is 1. The molecular formula is C10H13FN2O7. The molecule has 10 heteroatoms. The number of aliphatic hydroxyl groups is 4. The van der Waals surface area contributed by atoms with Crippen LogP contribution in [0.3, 0.4) is 0 Å². The van der Waals surface area contributed by atoms with Crippen molar-refractivity contribution in [1.82, 2.24) is 9.55 Å². The fourth-order valence-electron chi connectivity index (χ4n) is 1.77. The van der Waals surface area contributed by atoms with Crippen LogP contribution >= 0.6 is 0 Å². The van der Waals surface area contributed by atoms with Crippen LogP contribution in [-0.2, 0) is 11.3 Å². The maximum absolute atomic E-state index is 14.0. The van der Waals surface area contributed by atoms with E-state index in [4.69, 9.17) is 11.6 Å². The van der Waals surface area contributed by atoms with Crippen LogP contribution in [0, 0.1) is 0 Å². The van der Waals surface area contributed by atoms with Crippen molar-refractivity contribution in [3.05, 3.63) is 32.6 Å². The van der Waals surface area contributed by atoms with Crippen molar-refractivity contribution in [2.45, 2.75) is 30.9 Å². The molecule has 0 spiro atoms. The molecule has 0 amide bonds. The Morgan fingerprint density at radius 2 is 2.15 bits per heavy atom. The Morgan fingerprint density at radius 3 is 2.65 bits per heavy atom. The summed E-state index contributed by atoms with van der Waals surface area (Å²) in [7, 11) is 0. The Kier molecular flexibility index (Phi) is 3.40. The second-order valence-corrected chi connectivity index (χ2v) is 4.22. The highest BCUT2D eigenvalue weighted by molar-refractivity contribution is 5.05. The predicted octanol–water partition coefficient (Wildman–Crippen LogP) is -3.06. The van der Waals surface area contributed by atoms with E-state index in [1.165, 1.54) is 0 Å². The Bertz CT molecular complexity index is 664. The number of alkyl halides is 1. The second kappa shape index (κ2) is 5.07. The lowest BCUT2D eigenvalue weighted by Gasteiger charge is -2.20. The van der Waals surface area contributed by atoms with Gasteiger partial charge in [-0.1, -0.05) is 0 Å². The first-order chi connectivity index (χ1) is 9.69. The smallest absolute Gasteiger partial charge is 0.330 e. The van der Waals surface area contributed by atoms with Crippen molar-refractivity contribution >= 4 is 0 Å². The SMILES string of the molecule is [2H][C@@]1(n2cc(CO)c(=O)[nH]c2=O)O[C@](F)(CO)[C@@H](O)[C@H]1O. The van der Waals surface area contributed by atoms with Gasteiger partial charge in [0.2, 0.25) is 0 Å². The van der Waals surface area contributed by atoms with Gasteiger partial charge in [0.1, 0.15) is 18.8 Å². The average molecular weight is 293 g/mol. The molecule has 0 aromatic carbocycles. The van der Waals surface area contributed by atoms with Gasteiger partial charge in [0.25, 0.3) is 11.4 Å². The molecule has 4 atom stereocenters. The Morgan fingerprint density at radius 1 is 1.50 bits per heavy atom. The van der Waals surface area contributed by atoms with Crippen LogP contribution < -0.4 is 11.2 Å². The van der Waals surface area contributed by atoms with Crippen LogP contribution in [0.1, 0.15) is 13.1 Å². The van der Waals surface area contributed by atoms with Crippen LogP contribution in [0.25, 0.3) is 0 Å². The van der Waals surface area contributed by atoms with E-state index in [9.17, 15) is 24.2 Å². The van der Waals surface area contributed by atoms with Crippen molar-refractivity contribution in [3.8, 4) is 0 Å². The fraction of sp³-hybridized carbons (Fsp3) is 0.600. The van der Waals surface area contributed by atoms with Gasteiger partial charge in [0, 0.05) is 6.20 Å². The van der Waals surface area contributed by atoms with Crippen molar-refractivity contribution in [1.29, 1.82) is 0 Å². The summed E-state index contributed by atoms with van der Waals surface area (Å²) in [6.45, 7) is -2.15. The zero-order chi connectivity index (χ0) is 16.0. The summed E-state index contributed by atoms with van der Waals surface area (Å²) in [5.74, 6) is -3.16. The lowest BCUT2D eigenvalue weighted by molar-refractivity contribution is -0.207. The summed E-state index contributed by atoms with van der Waals surface area (Å²) in [6, 6.07) is 0. The van der Waals surface area contributed by atoms with Crippen LogP contribution in [0.2, 0.25) is 0 Å². The van der Waals surface area contributed by atoms with Gasteiger partial charge in [0.05, 0.1) is 13.5 Å². The average Bonchev–Trinajstić information content (AvgIpc) is 2.61. The summed E-state index contributed by atoms with van der Waals surface area (Å²) in [4.78, 5) is 24.8. The maximum atomic E-state index is 14.0.